The Morgan fingerprint density at radius 3 is 2.60 bits per heavy atom. The lowest BCUT2D eigenvalue weighted by molar-refractivity contribution is -0.144. The van der Waals surface area contributed by atoms with Gasteiger partial charge in [0.15, 0.2) is 0 Å². The van der Waals surface area contributed by atoms with Gasteiger partial charge in [0.2, 0.25) is 5.91 Å². The number of hydrogen-bond acceptors (Lipinski definition) is 2. The Balaban J connectivity index is 2.32. The summed E-state index contributed by atoms with van der Waals surface area (Å²) >= 11 is 0. The highest BCUT2D eigenvalue weighted by molar-refractivity contribution is 5.79. The number of rotatable bonds is 0. The second kappa shape index (κ2) is 3.21. The van der Waals surface area contributed by atoms with Gasteiger partial charge in [0.1, 0.15) is 0 Å². The molecule has 0 aromatic carbocycles. The molecule has 0 radical (unpaired) electrons. The summed E-state index contributed by atoms with van der Waals surface area (Å²) in [6.45, 7) is 9.51. The Hall–Kier alpha value is -0.570. The molecule has 2 rings (SSSR count). The van der Waals surface area contributed by atoms with Gasteiger partial charge >= 0.3 is 0 Å². The van der Waals surface area contributed by atoms with Crippen LogP contribution in [0, 0.1) is 5.41 Å². The van der Waals surface area contributed by atoms with Crippen molar-refractivity contribution in [3.05, 3.63) is 0 Å². The van der Waals surface area contributed by atoms with Crippen molar-refractivity contribution in [1.82, 2.24) is 9.80 Å². The second-order valence-corrected chi connectivity index (χ2v) is 6.06. The van der Waals surface area contributed by atoms with Gasteiger partial charge in [0.25, 0.3) is 0 Å². The fourth-order valence-electron chi connectivity index (χ4n) is 3.19. The van der Waals surface area contributed by atoms with E-state index in [9.17, 15) is 4.79 Å². The number of amides is 1. The van der Waals surface area contributed by atoms with Crippen LogP contribution in [-0.4, -0.2) is 47.9 Å². The summed E-state index contributed by atoms with van der Waals surface area (Å²) in [5.41, 5.74) is 0.466. The molecule has 0 aromatic heterocycles. The van der Waals surface area contributed by atoms with Gasteiger partial charge in [0.05, 0.1) is 6.54 Å². The van der Waals surface area contributed by atoms with Crippen molar-refractivity contribution in [2.45, 2.75) is 39.2 Å². The van der Waals surface area contributed by atoms with Crippen molar-refractivity contribution in [1.29, 1.82) is 0 Å². The normalized spacial score (nSPS) is 33.3. The third-order valence-electron chi connectivity index (χ3n) is 4.27. The Labute approximate surface area is 92.4 Å². The molecular formula is C12H22N2O. The first kappa shape index (κ1) is 10.9. The smallest absolute Gasteiger partial charge is 0.236 e. The molecule has 2 aliphatic heterocycles. The second-order valence-electron chi connectivity index (χ2n) is 6.06. The first-order valence-corrected chi connectivity index (χ1v) is 5.86. The molecule has 1 unspecified atom stereocenters. The van der Waals surface area contributed by atoms with E-state index in [1.54, 1.807) is 0 Å². The molecule has 0 aromatic rings. The van der Waals surface area contributed by atoms with Crippen molar-refractivity contribution in [2.24, 2.45) is 5.41 Å². The predicted octanol–water partition coefficient (Wildman–Crippen LogP) is 1.34. The van der Waals surface area contributed by atoms with Gasteiger partial charge in [-0.1, -0.05) is 20.8 Å². The molecule has 86 valence electrons. The molecule has 0 spiro atoms. The van der Waals surface area contributed by atoms with Crippen LogP contribution in [-0.2, 0) is 4.79 Å². The molecule has 0 N–H and O–H groups in total. The lowest BCUT2D eigenvalue weighted by Gasteiger charge is -2.53. The Bertz CT molecular complexity index is 282. The molecule has 1 atom stereocenters. The average molecular weight is 210 g/mol. The highest BCUT2D eigenvalue weighted by Gasteiger charge is 2.53. The van der Waals surface area contributed by atoms with Crippen molar-refractivity contribution < 1.29 is 4.79 Å². The first-order valence-electron chi connectivity index (χ1n) is 5.86. The fraction of sp³-hybridized carbons (Fsp3) is 0.917. The molecule has 15 heavy (non-hydrogen) atoms. The monoisotopic (exact) mass is 210 g/mol. The minimum atomic E-state index is 0.218. The predicted molar refractivity (Wildman–Crippen MR) is 60.6 cm³/mol. The van der Waals surface area contributed by atoms with Crippen molar-refractivity contribution >= 4 is 5.91 Å². The molecule has 0 aliphatic carbocycles. The topological polar surface area (TPSA) is 23.6 Å². The van der Waals surface area contributed by atoms with E-state index < -0.39 is 0 Å². The number of likely N-dealkylation sites (N-methyl/N-ethyl adjacent to an activating group) is 1. The van der Waals surface area contributed by atoms with Crippen LogP contribution in [0.25, 0.3) is 0 Å². The fourth-order valence-corrected chi connectivity index (χ4v) is 3.19. The van der Waals surface area contributed by atoms with E-state index in [4.69, 9.17) is 0 Å². The van der Waals surface area contributed by atoms with E-state index in [2.05, 4.69) is 25.7 Å². The summed E-state index contributed by atoms with van der Waals surface area (Å²) in [7, 11) is 1.94. The van der Waals surface area contributed by atoms with Crippen LogP contribution in [0.15, 0.2) is 0 Å². The number of piperazine rings is 1. The quantitative estimate of drug-likeness (QED) is 0.602. The summed E-state index contributed by atoms with van der Waals surface area (Å²) in [4.78, 5) is 16.0. The molecule has 1 amide bonds. The third-order valence-corrected chi connectivity index (χ3v) is 4.27. The van der Waals surface area contributed by atoms with E-state index in [1.807, 2.05) is 11.9 Å². The molecule has 3 nitrogen and oxygen atoms in total. The molecule has 3 heteroatoms. The molecule has 2 aliphatic rings. The first-order chi connectivity index (χ1) is 6.87. The Morgan fingerprint density at radius 1 is 1.33 bits per heavy atom. The molecule has 2 heterocycles. The zero-order chi connectivity index (χ0) is 11.3. The minimum absolute atomic E-state index is 0.218. The van der Waals surface area contributed by atoms with Gasteiger partial charge in [-0.2, -0.15) is 0 Å². The van der Waals surface area contributed by atoms with Crippen LogP contribution in [0.4, 0.5) is 0 Å². The summed E-state index contributed by atoms with van der Waals surface area (Å²) in [6.07, 6.45) is 2.46. The van der Waals surface area contributed by atoms with E-state index in [-0.39, 0.29) is 16.9 Å². The maximum atomic E-state index is 11.7. The van der Waals surface area contributed by atoms with Crippen LogP contribution >= 0.6 is 0 Å². The summed E-state index contributed by atoms with van der Waals surface area (Å²) in [5, 5.41) is 0. The van der Waals surface area contributed by atoms with Gasteiger partial charge in [-0.25, -0.2) is 0 Å². The number of nitrogens with zero attached hydrogens (tertiary/aromatic N) is 2. The summed E-state index contributed by atoms with van der Waals surface area (Å²) < 4.78 is 0. The van der Waals surface area contributed by atoms with Gasteiger partial charge < -0.3 is 4.90 Å². The van der Waals surface area contributed by atoms with E-state index in [1.165, 1.54) is 12.8 Å². The van der Waals surface area contributed by atoms with E-state index in [0.29, 0.717) is 6.54 Å². The highest BCUT2D eigenvalue weighted by Crippen LogP contribution is 2.45. The van der Waals surface area contributed by atoms with Crippen molar-refractivity contribution in [2.75, 3.05) is 26.7 Å². The standard InChI is InChI=1S/C12H22N2O/c1-11(2,3)12-6-5-7-14(12)8-10(15)13(4)9-12/h5-9H2,1-4H3. The number of carbonyl (C=O) groups is 1. The van der Waals surface area contributed by atoms with Crippen LogP contribution in [0.5, 0.6) is 0 Å². The van der Waals surface area contributed by atoms with Gasteiger partial charge in [-0.15, -0.1) is 0 Å². The number of carbonyl (C=O) groups excluding carboxylic acids is 1. The van der Waals surface area contributed by atoms with E-state index >= 15 is 0 Å². The van der Waals surface area contributed by atoms with Crippen molar-refractivity contribution in [3.8, 4) is 0 Å². The third kappa shape index (κ3) is 1.48. The lowest BCUT2D eigenvalue weighted by Crippen LogP contribution is -2.65. The maximum Gasteiger partial charge on any atom is 0.236 e. The maximum absolute atomic E-state index is 11.7. The molecular weight excluding hydrogens is 188 g/mol. The lowest BCUT2D eigenvalue weighted by atomic mass is 9.70. The average Bonchev–Trinajstić information content (AvgIpc) is 2.48. The Morgan fingerprint density at radius 2 is 2.00 bits per heavy atom. The van der Waals surface area contributed by atoms with Gasteiger partial charge in [-0.05, 0) is 24.8 Å². The number of hydrogen-bond donors (Lipinski definition) is 0. The molecule has 2 fully saturated rings. The summed E-state index contributed by atoms with van der Waals surface area (Å²) in [6, 6.07) is 0. The minimum Gasteiger partial charge on any atom is -0.343 e. The van der Waals surface area contributed by atoms with Crippen LogP contribution in [0.1, 0.15) is 33.6 Å². The number of fused-ring (bicyclic) bond motifs is 1. The Kier molecular flexibility index (Phi) is 2.34. The van der Waals surface area contributed by atoms with Crippen LogP contribution in [0.3, 0.4) is 0 Å². The van der Waals surface area contributed by atoms with Gasteiger partial charge in [-0.3, -0.25) is 9.69 Å². The zero-order valence-electron chi connectivity index (χ0n) is 10.3. The highest BCUT2D eigenvalue weighted by atomic mass is 16.2. The molecule has 0 saturated carbocycles. The SMILES string of the molecule is CN1CC2(C(C)(C)C)CCCN2CC1=O. The van der Waals surface area contributed by atoms with E-state index in [0.717, 1.165) is 13.1 Å². The van der Waals surface area contributed by atoms with Crippen molar-refractivity contribution in [3.63, 3.8) is 0 Å². The van der Waals surface area contributed by atoms with Crippen LogP contribution in [0.2, 0.25) is 0 Å². The van der Waals surface area contributed by atoms with Gasteiger partial charge in [0, 0.05) is 19.1 Å². The van der Waals surface area contributed by atoms with Crippen LogP contribution < -0.4 is 0 Å². The zero-order valence-corrected chi connectivity index (χ0v) is 10.3. The molecule has 0 bridgehead atoms. The largest absolute Gasteiger partial charge is 0.343 e. The molecule has 2 saturated heterocycles. The summed E-state index contributed by atoms with van der Waals surface area (Å²) in [5.74, 6) is 0.275.